The Morgan fingerprint density at radius 1 is 1.07 bits per heavy atom. The maximum atomic E-state index is 15.9. The molecular formula is C31H37F4N3O6. The van der Waals surface area contributed by atoms with E-state index in [0.717, 1.165) is 4.57 Å². The zero-order valence-electron chi connectivity index (χ0n) is 25.5. The van der Waals surface area contributed by atoms with E-state index in [1.807, 2.05) is 25.7 Å². The van der Waals surface area contributed by atoms with Gasteiger partial charge in [0, 0.05) is 35.8 Å². The van der Waals surface area contributed by atoms with Gasteiger partial charge in [0.15, 0.2) is 23.1 Å². The van der Waals surface area contributed by atoms with Crippen molar-refractivity contribution in [3.63, 3.8) is 0 Å². The SMILES string of the molecule is CCOc1cc2cn(CC(=O)c3cc(N4CCC(O)C4)c(OC)c(C(C)(C)C)c3)c(NC(=O)C(F)(F)F)c2c(F)c1OCC. The fourth-order valence-electron chi connectivity index (χ4n) is 5.31. The quantitative estimate of drug-likeness (QED) is 0.216. The Morgan fingerprint density at radius 3 is 2.30 bits per heavy atom. The molecule has 1 amide bonds. The molecule has 1 atom stereocenters. The minimum atomic E-state index is -5.28. The van der Waals surface area contributed by atoms with Crippen molar-refractivity contribution in [2.45, 2.75) is 65.3 Å². The number of aliphatic hydroxyl groups excluding tert-OH is 1. The molecule has 0 aliphatic carbocycles. The number of β-amino-alcohol motifs (C(OH)–C–C–N with tert-alkyl or cyclic N) is 1. The number of hydrogen-bond donors (Lipinski definition) is 2. The second-order valence-electron chi connectivity index (χ2n) is 11.5. The Labute approximate surface area is 252 Å². The Hall–Kier alpha value is -4.00. The highest BCUT2D eigenvalue weighted by Crippen LogP contribution is 2.43. The molecule has 1 saturated heterocycles. The molecule has 4 rings (SSSR count). The first-order valence-corrected chi connectivity index (χ1v) is 14.3. The first kappa shape index (κ1) is 32.9. The van der Waals surface area contributed by atoms with E-state index in [0.29, 0.717) is 36.5 Å². The first-order valence-electron chi connectivity index (χ1n) is 14.3. The number of aliphatic hydroxyl groups is 1. The molecule has 44 heavy (non-hydrogen) atoms. The third-order valence-electron chi connectivity index (χ3n) is 7.34. The largest absolute Gasteiger partial charge is 0.494 e. The number of ketones is 1. The van der Waals surface area contributed by atoms with Gasteiger partial charge in [0.2, 0.25) is 0 Å². The first-order chi connectivity index (χ1) is 20.6. The minimum absolute atomic E-state index is 0.0268. The van der Waals surface area contributed by atoms with Crippen LogP contribution in [0.4, 0.5) is 29.1 Å². The number of fused-ring (bicyclic) bond motifs is 1. The predicted octanol–water partition coefficient (Wildman–Crippen LogP) is 5.84. The van der Waals surface area contributed by atoms with Crippen molar-refractivity contribution in [1.82, 2.24) is 4.57 Å². The summed E-state index contributed by atoms with van der Waals surface area (Å²) in [6.45, 7) is 9.63. The molecule has 0 saturated carbocycles. The number of benzene rings is 2. The summed E-state index contributed by atoms with van der Waals surface area (Å²) in [5.74, 6) is -4.18. The summed E-state index contributed by atoms with van der Waals surface area (Å²) in [5, 5.41) is 11.7. The normalized spacial score (nSPS) is 15.5. The van der Waals surface area contributed by atoms with E-state index < -0.39 is 47.6 Å². The molecule has 2 aromatic carbocycles. The highest BCUT2D eigenvalue weighted by atomic mass is 19.4. The third kappa shape index (κ3) is 6.57. The Kier molecular flexibility index (Phi) is 9.38. The van der Waals surface area contributed by atoms with Gasteiger partial charge >= 0.3 is 12.1 Å². The number of anilines is 2. The summed E-state index contributed by atoms with van der Waals surface area (Å²) in [6, 6.07) is 4.67. The smallest absolute Gasteiger partial charge is 0.471 e. The Bertz CT molecular complexity index is 1560. The fourth-order valence-corrected chi connectivity index (χ4v) is 5.31. The zero-order valence-corrected chi connectivity index (χ0v) is 25.5. The number of nitrogens with zero attached hydrogens (tertiary/aromatic N) is 2. The van der Waals surface area contributed by atoms with E-state index in [-0.39, 0.29) is 41.0 Å². The summed E-state index contributed by atoms with van der Waals surface area (Å²) in [4.78, 5) is 27.8. The monoisotopic (exact) mass is 623 g/mol. The van der Waals surface area contributed by atoms with Gasteiger partial charge in [-0.1, -0.05) is 20.8 Å². The molecule has 0 bridgehead atoms. The lowest BCUT2D eigenvalue weighted by Crippen LogP contribution is -2.31. The number of rotatable bonds is 10. The van der Waals surface area contributed by atoms with Crippen molar-refractivity contribution in [2.75, 3.05) is 43.6 Å². The molecule has 9 nitrogen and oxygen atoms in total. The van der Waals surface area contributed by atoms with Crippen LogP contribution in [-0.2, 0) is 16.8 Å². The number of ether oxygens (including phenoxy) is 3. The van der Waals surface area contributed by atoms with Crippen molar-refractivity contribution < 1.29 is 46.5 Å². The van der Waals surface area contributed by atoms with Crippen LogP contribution < -0.4 is 24.4 Å². The van der Waals surface area contributed by atoms with Crippen LogP contribution in [0, 0.1) is 5.82 Å². The van der Waals surface area contributed by atoms with Crippen LogP contribution in [0.15, 0.2) is 24.4 Å². The molecule has 1 aromatic heterocycles. The van der Waals surface area contributed by atoms with Crippen LogP contribution in [0.1, 0.15) is 57.0 Å². The second kappa shape index (κ2) is 12.5. The summed E-state index contributed by atoms with van der Waals surface area (Å²) in [5.41, 5.74) is 1.05. The second-order valence-corrected chi connectivity index (χ2v) is 11.5. The van der Waals surface area contributed by atoms with Crippen LogP contribution in [0.2, 0.25) is 0 Å². The highest BCUT2D eigenvalue weighted by Gasteiger charge is 2.40. The number of halogens is 4. The summed E-state index contributed by atoms with van der Waals surface area (Å²) < 4.78 is 73.7. The lowest BCUT2D eigenvalue weighted by atomic mass is 9.84. The molecular weight excluding hydrogens is 586 g/mol. The highest BCUT2D eigenvalue weighted by molar-refractivity contribution is 6.06. The molecule has 2 heterocycles. The van der Waals surface area contributed by atoms with Crippen molar-refractivity contribution >= 4 is 34.0 Å². The summed E-state index contributed by atoms with van der Waals surface area (Å²) >= 11 is 0. The molecule has 240 valence electrons. The van der Waals surface area contributed by atoms with Crippen molar-refractivity contribution in [1.29, 1.82) is 0 Å². The van der Waals surface area contributed by atoms with Gasteiger partial charge in [0.1, 0.15) is 11.6 Å². The van der Waals surface area contributed by atoms with E-state index in [2.05, 4.69) is 0 Å². The van der Waals surface area contributed by atoms with Gasteiger partial charge in [-0.05, 0) is 43.9 Å². The lowest BCUT2D eigenvalue weighted by Gasteiger charge is -2.28. The molecule has 2 N–H and O–H groups in total. The van der Waals surface area contributed by atoms with Crippen LogP contribution in [-0.4, -0.2) is 67.1 Å². The maximum absolute atomic E-state index is 15.9. The third-order valence-corrected chi connectivity index (χ3v) is 7.34. The molecule has 1 aliphatic heterocycles. The van der Waals surface area contributed by atoms with Crippen LogP contribution in [0.25, 0.3) is 10.8 Å². The van der Waals surface area contributed by atoms with E-state index in [1.54, 1.807) is 31.3 Å². The fraction of sp³-hybridized carbons (Fsp3) is 0.484. The number of nitrogens with one attached hydrogen (secondary N) is 1. The molecule has 1 unspecified atom stereocenters. The van der Waals surface area contributed by atoms with Crippen LogP contribution in [0.3, 0.4) is 0 Å². The van der Waals surface area contributed by atoms with E-state index in [9.17, 15) is 27.9 Å². The number of aromatic nitrogens is 1. The Balaban J connectivity index is 1.87. The maximum Gasteiger partial charge on any atom is 0.471 e. The number of hydrogen-bond acceptors (Lipinski definition) is 7. The van der Waals surface area contributed by atoms with Crippen molar-refractivity contribution in [3.05, 3.63) is 41.3 Å². The minimum Gasteiger partial charge on any atom is -0.494 e. The van der Waals surface area contributed by atoms with Gasteiger partial charge < -0.3 is 34.1 Å². The van der Waals surface area contributed by atoms with Crippen molar-refractivity contribution in [2.24, 2.45) is 0 Å². The van der Waals surface area contributed by atoms with E-state index in [1.165, 1.54) is 19.4 Å². The molecule has 3 aromatic rings. The standard InChI is InChI=1S/C31H37F4N3O6/c1-7-43-23-13-18-14-38(28(36-29(41)31(33,34)35)24(18)25(32)27(23)44-8-2)16-22(40)17-11-20(30(3,4)5)26(42-6)21(12-17)37-10-9-19(39)15-37/h11-14,19,39H,7-10,15-16H2,1-6H3,(H,36,41). The average Bonchev–Trinajstić information content (AvgIpc) is 3.52. The Morgan fingerprint density at radius 2 is 1.75 bits per heavy atom. The summed E-state index contributed by atoms with van der Waals surface area (Å²) in [7, 11) is 1.52. The van der Waals surface area contributed by atoms with E-state index >= 15 is 4.39 Å². The number of alkyl halides is 3. The van der Waals surface area contributed by atoms with Crippen LogP contribution in [0.5, 0.6) is 17.2 Å². The van der Waals surface area contributed by atoms with E-state index in [4.69, 9.17) is 14.2 Å². The van der Waals surface area contributed by atoms with Gasteiger partial charge in [0.25, 0.3) is 0 Å². The van der Waals surface area contributed by atoms with Crippen molar-refractivity contribution in [3.8, 4) is 17.2 Å². The number of methoxy groups -OCH3 is 1. The lowest BCUT2D eigenvalue weighted by molar-refractivity contribution is -0.167. The number of amides is 1. The molecule has 0 radical (unpaired) electrons. The van der Waals surface area contributed by atoms with Gasteiger partial charge in [0.05, 0.1) is 44.0 Å². The zero-order chi connectivity index (χ0) is 32.6. The van der Waals surface area contributed by atoms with Gasteiger partial charge in [-0.15, -0.1) is 0 Å². The molecule has 0 spiro atoms. The van der Waals surface area contributed by atoms with Gasteiger partial charge in [-0.2, -0.15) is 13.2 Å². The van der Waals surface area contributed by atoms with Gasteiger partial charge in [-0.3, -0.25) is 9.59 Å². The van der Waals surface area contributed by atoms with Gasteiger partial charge in [-0.25, -0.2) is 4.39 Å². The molecule has 1 aliphatic rings. The topological polar surface area (TPSA) is 102 Å². The molecule has 1 fully saturated rings. The van der Waals surface area contributed by atoms with Crippen LogP contribution >= 0.6 is 0 Å². The predicted molar refractivity (Wildman–Crippen MR) is 158 cm³/mol. The number of Topliss-reactive ketones (excluding diaryl/α,β-unsaturated/α-hetero) is 1. The number of carbonyl (C=O) groups is 2. The molecule has 13 heteroatoms. The summed E-state index contributed by atoms with van der Waals surface area (Å²) in [6.07, 6.45) is -4.01. The average molecular weight is 624 g/mol. The number of carbonyl (C=O) groups excluding carboxylic acids is 2.